The number of rotatable bonds is 7. The van der Waals surface area contributed by atoms with Crippen LogP contribution in [0.25, 0.3) is 53.8 Å². The summed E-state index contributed by atoms with van der Waals surface area (Å²) in [6.45, 7) is 18.3. The molecule has 0 aliphatic heterocycles. The number of hydrogen-bond donors (Lipinski definition) is 0. The number of nitrogens with zero attached hydrogens (tertiary/aromatic N) is 2. The van der Waals surface area contributed by atoms with Crippen LogP contribution in [0.3, 0.4) is 0 Å². The van der Waals surface area contributed by atoms with Crippen molar-refractivity contribution in [3.8, 4) is 33.6 Å². The fourth-order valence-electron chi connectivity index (χ4n) is 8.05. The van der Waals surface area contributed by atoms with Gasteiger partial charge in [-0.25, -0.2) is 0 Å². The number of thiophene rings is 1. The summed E-state index contributed by atoms with van der Waals surface area (Å²) in [5, 5.41) is 4.13. The summed E-state index contributed by atoms with van der Waals surface area (Å²) in [5.41, 5.74) is 13.7. The SMILES string of the molecule is Cc1ccc[c-]c1-c1cc(CC2CCCC2)c([Si](C)(C)C)cn1.Cc1cccc(C)c1-c1ccc2c(c1)sc1c[c-]c(-c3cc(C(C)C)ccn3)cc12.[Ir]. The average molecular weight is 921 g/mol. The van der Waals surface area contributed by atoms with Gasteiger partial charge in [-0.15, -0.1) is 59.2 Å². The van der Waals surface area contributed by atoms with E-state index in [4.69, 9.17) is 4.98 Å². The maximum atomic E-state index is 4.81. The van der Waals surface area contributed by atoms with Gasteiger partial charge in [0.05, 0.1) is 8.07 Å². The van der Waals surface area contributed by atoms with Crippen LogP contribution < -0.4 is 5.19 Å². The largest absolute Gasteiger partial charge is 0.305 e. The molecule has 5 heteroatoms. The van der Waals surface area contributed by atoms with Gasteiger partial charge >= 0.3 is 0 Å². The molecule has 279 valence electrons. The molecule has 3 aromatic heterocycles. The Hall–Kier alpha value is -3.73. The maximum absolute atomic E-state index is 4.81. The summed E-state index contributed by atoms with van der Waals surface area (Å²) in [4.78, 5) is 9.42. The average Bonchev–Trinajstić information content (AvgIpc) is 3.79. The molecule has 0 saturated heterocycles. The van der Waals surface area contributed by atoms with E-state index in [9.17, 15) is 0 Å². The van der Waals surface area contributed by atoms with Crippen molar-refractivity contribution in [3.05, 3.63) is 137 Å². The van der Waals surface area contributed by atoms with Crippen LogP contribution in [0.1, 0.15) is 73.3 Å². The minimum Gasteiger partial charge on any atom is -0.305 e. The molecule has 1 fully saturated rings. The summed E-state index contributed by atoms with van der Waals surface area (Å²) in [5.74, 6) is 1.36. The van der Waals surface area contributed by atoms with E-state index >= 15 is 0 Å². The first kappa shape index (κ1) is 39.9. The molecule has 1 radical (unpaired) electrons. The van der Waals surface area contributed by atoms with Gasteiger partial charge in [0.25, 0.3) is 0 Å². The molecule has 0 N–H and O–H groups in total. The van der Waals surface area contributed by atoms with Crippen LogP contribution in [0.2, 0.25) is 19.6 Å². The van der Waals surface area contributed by atoms with E-state index in [0.29, 0.717) is 5.92 Å². The van der Waals surface area contributed by atoms with Gasteiger partial charge in [0.2, 0.25) is 0 Å². The minimum atomic E-state index is -1.36. The molecule has 7 aromatic rings. The number of benzene rings is 4. The number of fused-ring (bicyclic) bond motifs is 3. The first-order chi connectivity index (χ1) is 25.5. The molecular formula is C49H52IrN2SSi-2. The third kappa shape index (κ3) is 8.71. The molecule has 4 aromatic carbocycles. The van der Waals surface area contributed by atoms with E-state index in [0.717, 1.165) is 28.4 Å². The Morgan fingerprint density at radius 2 is 1.52 bits per heavy atom. The van der Waals surface area contributed by atoms with Gasteiger partial charge in [-0.2, -0.15) is 11.3 Å². The Balaban J connectivity index is 0.000000187. The Morgan fingerprint density at radius 1 is 0.778 bits per heavy atom. The van der Waals surface area contributed by atoms with E-state index in [1.807, 2.05) is 23.6 Å². The standard InChI is InChI=1S/C28H24NS.C21H28NSi.Ir/c1-17(2)20-12-13-29-25(15-20)21-9-11-26-24(14-21)23-10-8-22(16-27(23)30-26)28-18(3)6-5-7-19(28)4;1-16-9-5-8-12-19(16)20-14-18(13-17-10-6-7-11-17)21(15-22-20)23(2,3)4;/h5-8,10-17H,1-4H3;5,8-9,14-15,17H,6-7,10-11,13H2,1-4H3;/q2*-1;. The Kier molecular flexibility index (Phi) is 12.5. The summed E-state index contributed by atoms with van der Waals surface area (Å²) < 4.78 is 2.59. The maximum Gasteiger partial charge on any atom is 0.0798 e. The third-order valence-electron chi connectivity index (χ3n) is 11.0. The monoisotopic (exact) mass is 921 g/mol. The molecule has 0 unspecified atom stereocenters. The van der Waals surface area contributed by atoms with E-state index in [1.165, 1.54) is 85.7 Å². The van der Waals surface area contributed by atoms with Crippen molar-refractivity contribution in [1.29, 1.82) is 0 Å². The zero-order chi connectivity index (χ0) is 37.3. The summed E-state index contributed by atoms with van der Waals surface area (Å²) >= 11 is 1.84. The van der Waals surface area contributed by atoms with Crippen LogP contribution in [0.4, 0.5) is 0 Å². The minimum absolute atomic E-state index is 0. The van der Waals surface area contributed by atoms with E-state index in [-0.39, 0.29) is 20.1 Å². The predicted octanol–water partition coefficient (Wildman–Crippen LogP) is 13.5. The van der Waals surface area contributed by atoms with Gasteiger partial charge < -0.3 is 9.97 Å². The smallest absolute Gasteiger partial charge is 0.0798 e. The molecule has 1 aliphatic rings. The fourth-order valence-corrected chi connectivity index (χ4v) is 10.7. The Bertz CT molecular complexity index is 2380. The quantitative estimate of drug-likeness (QED) is 0.118. The van der Waals surface area contributed by atoms with E-state index < -0.39 is 8.07 Å². The molecule has 54 heavy (non-hydrogen) atoms. The second-order valence-electron chi connectivity index (χ2n) is 16.4. The van der Waals surface area contributed by atoms with Crippen molar-refractivity contribution < 1.29 is 20.1 Å². The molecule has 2 nitrogen and oxygen atoms in total. The number of hydrogen-bond acceptors (Lipinski definition) is 3. The Morgan fingerprint density at radius 3 is 2.22 bits per heavy atom. The first-order valence-electron chi connectivity index (χ1n) is 19.3. The second-order valence-corrected chi connectivity index (χ2v) is 22.5. The molecule has 1 aliphatic carbocycles. The predicted molar refractivity (Wildman–Crippen MR) is 232 cm³/mol. The van der Waals surface area contributed by atoms with Crippen molar-refractivity contribution in [2.24, 2.45) is 5.92 Å². The van der Waals surface area contributed by atoms with Crippen LogP contribution in [0, 0.1) is 38.8 Å². The van der Waals surface area contributed by atoms with Crippen molar-refractivity contribution >= 4 is 44.8 Å². The van der Waals surface area contributed by atoms with Crippen molar-refractivity contribution in [2.45, 2.75) is 92.3 Å². The van der Waals surface area contributed by atoms with Gasteiger partial charge in [-0.1, -0.05) is 125 Å². The van der Waals surface area contributed by atoms with Gasteiger partial charge in [-0.05, 0) is 93.2 Å². The number of aryl methyl sites for hydroxylation is 3. The van der Waals surface area contributed by atoms with Gasteiger partial charge in [0.1, 0.15) is 0 Å². The molecule has 3 heterocycles. The van der Waals surface area contributed by atoms with E-state index in [1.54, 1.807) is 10.8 Å². The summed E-state index contributed by atoms with van der Waals surface area (Å²) in [6, 6.07) is 37.5. The molecule has 1 saturated carbocycles. The van der Waals surface area contributed by atoms with Crippen LogP contribution >= 0.6 is 11.3 Å². The molecule has 0 amide bonds. The number of pyridine rings is 2. The zero-order valence-electron chi connectivity index (χ0n) is 33.1. The molecular weight excluding hydrogens is 869 g/mol. The second kappa shape index (κ2) is 17.0. The Labute approximate surface area is 341 Å². The summed E-state index contributed by atoms with van der Waals surface area (Å²) in [6.07, 6.45) is 10.9. The van der Waals surface area contributed by atoms with Crippen LogP contribution in [-0.4, -0.2) is 18.0 Å². The van der Waals surface area contributed by atoms with Crippen molar-refractivity contribution in [3.63, 3.8) is 0 Å². The zero-order valence-corrected chi connectivity index (χ0v) is 37.3. The fraction of sp³-hybridized carbons (Fsp3) is 0.306. The van der Waals surface area contributed by atoms with Crippen molar-refractivity contribution in [2.75, 3.05) is 0 Å². The van der Waals surface area contributed by atoms with Crippen LogP contribution in [0.5, 0.6) is 0 Å². The van der Waals surface area contributed by atoms with Gasteiger partial charge in [-0.3, -0.25) is 0 Å². The third-order valence-corrected chi connectivity index (χ3v) is 14.2. The normalized spacial score (nSPS) is 13.3. The number of aromatic nitrogens is 2. The van der Waals surface area contributed by atoms with Crippen molar-refractivity contribution in [1.82, 2.24) is 9.97 Å². The topological polar surface area (TPSA) is 25.8 Å². The van der Waals surface area contributed by atoms with Gasteiger partial charge in [0, 0.05) is 37.2 Å². The molecule has 0 spiro atoms. The molecule has 8 rings (SSSR count). The van der Waals surface area contributed by atoms with Gasteiger partial charge in [0.15, 0.2) is 0 Å². The first-order valence-corrected chi connectivity index (χ1v) is 23.7. The van der Waals surface area contributed by atoms with Crippen LogP contribution in [-0.2, 0) is 26.5 Å². The molecule has 0 atom stereocenters. The molecule has 0 bridgehead atoms. The van der Waals surface area contributed by atoms with E-state index in [2.05, 4.69) is 156 Å². The van der Waals surface area contributed by atoms with Crippen LogP contribution in [0.15, 0.2) is 97.3 Å². The summed E-state index contributed by atoms with van der Waals surface area (Å²) in [7, 11) is -1.36.